The molecule has 0 spiro atoms. The van der Waals surface area contributed by atoms with Crippen molar-refractivity contribution in [3.05, 3.63) is 144 Å². The molecule has 0 aliphatic heterocycles. The van der Waals surface area contributed by atoms with Gasteiger partial charge >= 0.3 is 5.97 Å². The summed E-state index contributed by atoms with van der Waals surface area (Å²) in [5.41, 5.74) is 13.7. The molecule has 2 aliphatic rings. The van der Waals surface area contributed by atoms with E-state index in [1.54, 1.807) is 12.3 Å². The monoisotopic (exact) mass is 760 g/mol. The van der Waals surface area contributed by atoms with Crippen molar-refractivity contribution in [3.8, 4) is 44.6 Å². The third kappa shape index (κ3) is 4.59. The van der Waals surface area contributed by atoms with Crippen LogP contribution in [-0.2, 0) is 25.5 Å². The van der Waals surface area contributed by atoms with Gasteiger partial charge in [0.25, 0.3) is 0 Å². The van der Waals surface area contributed by atoms with E-state index < -0.39 is 5.97 Å². The van der Waals surface area contributed by atoms with Gasteiger partial charge in [-0.15, -0.1) is 29.3 Å². The van der Waals surface area contributed by atoms with Crippen LogP contribution >= 0.6 is 0 Å². The molecule has 0 unspecified atom stereocenters. The van der Waals surface area contributed by atoms with E-state index in [0.29, 0.717) is 0 Å². The zero-order valence-corrected chi connectivity index (χ0v) is 27.0. The second-order valence-corrected chi connectivity index (χ2v) is 11.9. The third-order valence-electron chi connectivity index (χ3n) is 8.98. The molecular weight excluding hydrogens is 733 g/mol. The van der Waals surface area contributed by atoms with E-state index in [2.05, 4.69) is 110 Å². The van der Waals surface area contributed by atoms with Crippen LogP contribution in [0.1, 0.15) is 35.5 Å². The van der Waals surface area contributed by atoms with Crippen LogP contribution in [0.15, 0.2) is 121 Å². The molecule has 45 heavy (non-hydrogen) atoms. The summed E-state index contributed by atoms with van der Waals surface area (Å²) in [6, 6.07) is 43.3. The smallest absolute Gasteiger partial charge is 0.354 e. The van der Waals surface area contributed by atoms with E-state index in [1.807, 2.05) is 24.3 Å². The van der Waals surface area contributed by atoms with E-state index in [9.17, 15) is 4.79 Å². The Bertz CT molecular complexity index is 2310. The Morgan fingerprint density at radius 2 is 1.36 bits per heavy atom. The Morgan fingerprint density at radius 1 is 0.689 bits per heavy atom. The zero-order chi connectivity index (χ0) is 30.0. The fraction of sp³-hybridized carbons (Fsp3) is 0.0750. The first-order valence-electron chi connectivity index (χ1n) is 14.7. The number of hydrogen-bond acceptors (Lipinski definition) is 3. The third-order valence-corrected chi connectivity index (χ3v) is 8.98. The first-order chi connectivity index (χ1) is 21.4. The second kappa shape index (κ2) is 10.9. The summed E-state index contributed by atoms with van der Waals surface area (Å²) >= 11 is 0. The van der Waals surface area contributed by atoms with Gasteiger partial charge in [0.05, 0.1) is 5.52 Å². The maximum absolute atomic E-state index is 10.6. The number of pyridine rings is 2. The molecule has 2 aliphatic carbocycles. The molecule has 5 heteroatoms. The van der Waals surface area contributed by atoms with Gasteiger partial charge in [0.2, 0.25) is 0 Å². The molecule has 1 radical (unpaired) electrons. The van der Waals surface area contributed by atoms with Gasteiger partial charge in [0.1, 0.15) is 5.69 Å². The molecule has 0 amide bonds. The Balaban J connectivity index is 0.000000196. The van der Waals surface area contributed by atoms with Crippen LogP contribution in [-0.4, -0.2) is 21.0 Å². The number of nitrogens with zero attached hydrogens (tertiary/aromatic N) is 2. The molecule has 4 nitrogen and oxygen atoms in total. The maximum Gasteiger partial charge on any atom is 0.354 e. The van der Waals surface area contributed by atoms with E-state index in [1.165, 1.54) is 49.9 Å². The predicted octanol–water partition coefficient (Wildman–Crippen LogP) is 9.59. The van der Waals surface area contributed by atoms with E-state index in [0.717, 1.165) is 27.5 Å². The van der Waals surface area contributed by atoms with Crippen molar-refractivity contribution in [2.45, 2.75) is 19.3 Å². The Morgan fingerprint density at radius 3 is 2.13 bits per heavy atom. The van der Waals surface area contributed by atoms with Gasteiger partial charge in [-0.25, -0.2) is 9.78 Å². The quantitative estimate of drug-likeness (QED) is 0.179. The number of rotatable bonds is 2. The van der Waals surface area contributed by atoms with Crippen LogP contribution in [0.3, 0.4) is 0 Å². The van der Waals surface area contributed by atoms with Crippen molar-refractivity contribution >= 4 is 27.6 Å². The summed E-state index contributed by atoms with van der Waals surface area (Å²) in [5.74, 6) is -0.995. The van der Waals surface area contributed by atoms with Crippen LogP contribution in [0.4, 0.5) is 0 Å². The van der Waals surface area contributed by atoms with Crippen LogP contribution < -0.4 is 0 Å². The van der Waals surface area contributed by atoms with Gasteiger partial charge in [-0.1, -0.05) is 110 Å². The SMILES string of the molecule is CC1(C)c2c[c-]c(-c3cc4c5c(cccc5n3)-c3ccccc3-4)cc2-c2ccccc21.O=C(O)c1cc2ccccc2cn1.[Ir]. The molecule has 0 bridgehead atoms. The van der Waals surface area contributed by atoms with E-state index >= 15 is 0 Å². The van der Waals surface area contributed by atoms with Crippen molar-refractivity contribution in [1.29, 1.82) is 0 Å². The van der Waals surface area contributed by atoms with E-state index in [-0.39, 0.29) is 31.2 Å². The summed E-state index contributed by atoms with van der Waals surface area (Å²) < 4.78 is 0. The minimum absolute atomic E-state index is 0. The van der Waals surface area contributed by atoms with E-state index in [4.69, 9.17) is 10.1 Å². The normalized spacial score (nSPS) is 12.8. The standard InChI is InChI=1S/C30H20N.C10H7NO2.Ir/c1-30(2)25-12-6-5-10-21(25)23-16-18(14-15-26(23)30)28-17-24-20-9-4-3-8-19(20)22-11-7-13-27(31-28)29(22)24;12-10(13)9-5-7-3-1-2-4-8(7)6-11-9;/h3-13,15-17H,1-2H3;1-6H,(H,12,13);/q-1;;. The summed E-state index contributed by atoms with van der Waals surface area (Å²) in [7, 11) is 0. The average molecular weight is 760 g/mol. The molecule has 2 aromatic heterocycles. The summed E-state index contributed by atoms with van der Waals surface area (Å²) in [4.78, 5) is 19.5. The van der Waals surface area contributed by atoms with Crippen molar-refractivity contribution in [2.75, 3.05) is 0 Å². The Hall–Kier alpha value is -4.96. The van der Waals surface area contributed by atoms with Gasteiger partial charge < -0.3 is 5.11 Å². The number of carboxylic acids is 1. The fourth-order valence-corrected chi connectivity index (χ4v) is 6.80. The molecule has 9 rings (SSSR count). The van der Waals surface area contributed by atoms with Crippen LogP contribution in [0.25, 0.3) is 66.3 Å². The number of carboxylic acid groups (broad SMARTS) is 1. The summed E-state index contributed by atoms with van der Waals surface area (Å²) in [6.45, 7) is 4.61. The molecule has 0 saturated heterocycles. The molecule has 0 fully saturated rings. The van der Waals surface area contributed by atoms with Gasteiger partial charge in [-0.2, -0.15) is 0 Å². The number of hydrogen-bond donors (Lipinski definition) is 1. The first kappa shape index (κ1) is 28.8. The van der Waals surface area contributed by atoms with Crippen molar-refractivity contribution < 1.29 is 30.0 Å². The molecule has 2 heterocycles. The number of aromatic carboxylic acids is 1. The van der Waals surface area contributed by atoms with Gasteiger partial charge in [0.15, 0.2) is 0 Å². The zero-order valence-electron chi connectivity index (χ0n) is 24.6. The molecule has 0 atom stereocenters. The van der Waals surface area contributed by atoms with Gasteiger partial charge in [-0.05, 0) is 62.0 Å². The minimum atomic E-state index is -0.995. The maximum atomic E-state index is 10.6. The second-order valence-electron chi connectivity index (χ2n) is 11.9. The first-order valence-corrected chi connectivity index (χ1v) is 14.7. The molecule has 7 aromatic rings. The summed E-state index contributed by atoms with van der Waals surface area (Å²) in [5, 5.41) is 11.8. The Kier molecular flexibility index (Phi) is 6.96. The van der Waals surface area contributed by atoms with Crippen molar-refractivity contribution in [3.63, 3.8) is 0 Å². The Labute approximate surface area is 274 Å². The molecule has 0 saturated carbocycles. The number of benzene rings is 5. The van der Waals surface area contributed by atoms with Crippen LogP contribution in [0, 0.1) is 6.07 Å². The topological polar surface area (TPSA) is 63.1 Å². The number of fused-ring (bicyclic) bond motifs is 7. The van der Waals surface area contributed by atoms with Crippen molar-refractivity contribution in [2.24, 2.45) is 0 Å². The molecule has 5 aromatic carbocycles. The largest absolute Gasteiger partial charge is 0.477 e. The fourth-order valence-electron chi connectivity index (χ4n) is 6.80. The number of carbonyl (C=O) groups is 1. The summed E-state index contributed by atoms with van der Waals surface area (Å²) in [6.07, 6.45) is 1.57. The number of aromatic nitrogens is 2. The average Bonchev–Trinajstić information content (AvgIpc) is 3.50. The van der Waals surface area contributed by atoms with Crippen LogP contribution in [0.2, 0.25) is 0 Å². The van der Waals surface area contributed by atoms with Crippen molar-refractivity contribution in [1.82, 2.24) is 9.97 Å². The van der Waals surface area contributed by atoms with Crippen LogP contribution in [0.5, 0.6) is 0 Å². The van der Waals surface area contributed by atoms with Gasteiger partial charge in [-0.3, -0.25) is 4.98 Å². The predicted molar refractivity (Wildman–Crippen MR) is 177 cm³/mol. The van der Waals surface area contributed by atoms with Gasteiger partial charge in [0, 0.05) is 37.1 Å². The molecular formula is C40H27IrN2O2-. The minimum Gasteiger partial charge on any atom is -0.477 e. The molecule has 219 valence electrons. The molecule has 1 N–H and O–H groups in total.